The molecule has 2 fully saturated rings. The zero-order valence-electron chi connectivity index (χ0n) is 38.7. The van der Waals surface area contributed by atoms with Gasteiger partial charge in [0.2, 0.25) is 29.5 Å². The summed E-state index contributed by atoms with van der Waals surface area (Å²) in [6.07, 6.45) is 0.515. The summed E-state index contributed by atoms with van der Waals surface area (Å²) in [5, 5.41) is 29.9. The number of likely N-dealkylation sites (tertiary alicyclic amines) is 1. The van der Waals surface area contributed by atoms with Gasteiger partial charge in [0, 0.05) is 75.8 Å². The van der Waals surface area contributed by atoms with Crippen LogP contribution in [0.4, 0.5) is 0 Å². The minimum Gasteiger partial charge on any atom is -0.481 e. The van der Waals surface area contributed by atoms with Gasteiger partial charge in [-0.15, -0.1) is 0 Å². The van der Waals surface area contributed by atoms with Crippen molar-refractivity contribution in [1.29, 1.82) is 0 Å². The van der Waals surface area contributed by atoms with Gasteiger partial charge in [-0.25, -0.2) is 0 Å². The highest BCUT2D eigenvalue weighted by Crippen LogP contribution is 2.25. The number of rotatable bonds is 32. The van der Waals surface area contributed by atoms with Crippen LogP contribution in [0.15, 0.2) is 0 Å². The van der Waals surface area contributed by atoms with Crippen LogP contribution in [-0.4, -0.2) is 136 Å². The number of aliphatic hydroxyl groups excluding tert-OH is 1. The third-order valence-corrected chi connectivity index (χ3v) is 12.0. The van der Waals surface area contributed by atoms with E-state index in [-0.39, 0.29) is 88.2 Å². The number of aliphatic hydroxyl groups is 1. The Balaban J connectivity index is 1.91. The molecule has 0 aromatic rings. The molecule has 0 radical (unpaired) electrons. The van der Waals surface area contributed by atoms with Crippen LogP contribution in [0.2, 0.25) is 0 Å². The fourth-order valence-electron chi connectivity index (χ4n) is 8.14. The van der Waals surface area contributed by atoms with Gasteiger partial charge in [0.1, 0.15) is 0 Å². The first-order valence-electron chi connectivity index (χ1n) is 23.0. The Kier molecular flexibility index (Phi) is 24.3. The molecule has 0 saturated carbocycles. The number of β-amino-alcohol motifs (C(OH)–C–C–N with tert-alkyl or cyclic N) is 1. The molecule has 2 saturated heterocycles. The molecule has 366 valence electrons. The van der Waals surface area contributed by atoms with Crippen molar-refractivity contribution in [2.24, 2.45) is 41.1 Å². The van der Waals surface area contributed by atoms with Gasteiger partial charge in [0.25, 0.3) is 0 Å². The Labute approximate surface area is 381 Å². The van der Waals surface area contributed by atoms with E-state index in [9.17, 15) is 63.0 Å². The predicted molar refractivity (Wildman–Crippen MR) is 236 cm³/mol. The fourth-order valence-corrected chi connectivity index (χ4v) is 8.14. The van der Waals surface area contributed by atoms with Crippen LogP contribution in [0.25, 0.3) is 0 Å². The number of carboxylic acids is 1. The van der Waals surface area contributed by atoms with Gasteiger partial charge >= 0.3 is 5.97 Å². The summed E-state index contributed by atoms with van der Waals surface area (Å²) in [5.74, 6) is -9.70. The molecule has 2 aliphatic heterocycles. The van der Waals surface area contributed by atoms with Crippen molar-refractivity contribution in [3.63, 3.8) is 0 Å². The lowest BCUT2D eigenvalue weighted by atomic mass is 9.91. The Bertz CT molecular complexity index is 1720. The maximum Gasteiger partial charge on any atom is 0.306 e. The van der Waals surface area contributed by atoms with Crippen molar-refractivity contribution < 1.29 is 63.0 Å². The van der Waals surface area contributed by atoms with Crippen LogP contribution in [0.3, 0.4) is 0 Å². The maximum absolute atomic E-state index is 13.4. The molecular formula is C45H73N7O13. The van der Waals surface area contributed by atoms with Gasteiger partial charge in [0.05, 0.1) is 42.7 Å². The third-order valence-electron chi connectivity index (χ3n) is 12.0. The second-order valence-electron chi connectivity index (χ2n) is 18.3. The molecule has 5 amide bonds. The number of nitrogens with zero attached hydrogens (tertiary/aromatic N) is 1. The molecule has 9 atom stereocenters. The van der Waals surface area contributed by atoms with Crippen molar-refractivity contribution in [1.82, 2.24) is 26.2 Å². The first kappa shape index (κ1) is 56.2. The monoisotopic (exact) mass is 920 g/mol. The molecule has 2 heterocycles. The topological polar surface area (TPSA) is 332 Å². The van der Waals surface area contributed by atoms with Crippen LogP contribution in [0.1, 0.15) is 131 Å². The Morgan fingerprint density at radius 2 is 1.43 bits per heavy atom. The van der Waals surface area contributed by atoms with Gasteiger partial charge in [-0.3, -0.25) is 52.7 Å². The SMILES string of the molecule is CC(C)C[C@H](CC(=O)CNC(=O)[C@H](C)CC(=O)[C@H](CCC(N)=O)NC(=O)[C@H](C)CC(=O)[C@@H]1C[C@@H](O)CN1)C(=O)N[C@@H](C)C(=O)CCC(=O)N1CCC[C@H]1C(=O)C[C@@H](CCCCN)C(=O)O. The summed E-state index contributed by atoms with van der Waals surface area (Å²) in [6, 6.07) is -3.55. The number of unbranched alkanes of at least 4 members (excludes halogenated alkanes) is 1. The first-order chi connectivity index (χ1) is 30.5. The third kappa shape index (κ3) is 20.0. The zero-order chi connectivity index (χ0) is 49.0. The van der Waals surface area contributed by atoms with Gasteiger partial charge in [-0.05, 0) is 64.3 Å². The van der Waals surface area contributed by atoms with Crippen molar-refractivity contribution >= 4 is 64.4 Å². The highest BCUT2D eigenvalue weighted by molar-refractivity contribution is 5.97. The van der Waals surface area contributed by atoms with E-state index < -0.39 is 113 Å². The quantitative estimate of drug-likeness (QED) is 0.0413. The Morgan fingerprint density at radius 3 is 2.03 bits per heavy atom. The number of hydrogen-bond donors (Lipinski definition) is 8. The average Bonchev–Trinajstić information content (AvgIpc) is 3.92. The number of carboxylic acid groups (broad SMARTS) is 1. The standard InChI is InChI=1S/C45H73N7O13/c1-25(2)17-30(44(63)50-28(5)36(55)12-14-41(60)52-16-8-10-35(52)39(58)21-29(45(64)65)9-6-7-15-46)20-31(53)24-49-42(61)26(3)18-37(56)33(11-13-40(47)59)51-43(62)27(4)19-38(57)34-22-32(54)23-48-34/h25-30,32-35,48,54H,6-24,46H2,1-5H3,(H2,47,59)(H,49,61)(H,50,63)(H,51,62)(H,64,65)/t26-,27-,28+,29-,30-,32-,33+,34+,35+/m1/s1. The lowest BCUT2D eigenvalue weighted by molar-refractivity contribution is -0.145. The normalized spacial score (nSPS) is 19.9. The lowest BCUT2D eigenvalue weighted by Gasteiger charge is -2.25. The average molecular weight is 920 g/mol. The summed E-state index contributed by atoms with van der Waals surface area (Å²) >= 11 is 0. The highest BCUT2D eigenvalue weighted by atomic mass is 16.4. The lowest BCUT2D eigenvalue weighted by Crippen LogP contribution is -2.46. The van der Waals surface area contributed by atoms with Crippen LogP contribution in [0, 0.1) is 29.6 Å². The number of Topliss-reactive ketones (excluding diaryl/α,β-unsaturated/α-hetero) is 5. The summed E-state index contributed by atoms with van der Waals surface area (Å²) in [5.41, 5.74) is 10.8. The van der Waals surface area contributed by atoms with E-state index in [2.05, 4.69) is 21.3 Å². The van der Waals surface area contributed by atoms with E-state index >= 15 is 0 Å². The second-order valence-corrected chi connectivity index (χ2v) is 18.3. The molecule has 20 heteroatoms. The fraction of sp³-hybridized carbons (Fsp3) is 0.756. The summed E-state index contributed by atoms with van der Waals surface area (Å²) in [7, 11) is 0. The number of primary amides is 1. The van der Waals surface area contributed by atoms with Crippen LogP contribution in [-0.2, 0) is 52.7 Å². The predicted octanol–water partition coefficient (Wildman–Crippen LogP) is 0.0218. The Morgan fingerprint density at radius 1 is 0.754 bits per heavy atom. The number of aliphatic carboxylic acids is 1. The van der Waals surface area contributed by atoms with Crippen LogP contribution < -0.4 is 32.7 Å². The molecule has 20 nitrogen and oxygen atoms in total. The minimum absolute atomic E-state index is 0.0274. The highest BCUT2D eigenvalue weighted by Gasteiger charge is 2.37. The number of carbonyl (C=O) groups is 11. The van der Waals surface area contributed by atoms with E-state index in [1.807, 2.05) is 13.8 Å². The van der Waals surface area contributed by atoms with Gasteiger partial charge in [-0.2, -0.15) is 0 Å². The number of nitrogens with two attached hydrogens (primary N) is 2. The van der Waals surface area contributed by atoms with Gasteiger partial charge < -0.3 is 47.8 Å². The number of hydrogen-bond acceptors (Lipinski definition) is 14. The zero-order valence-corrected chi connectivity index (χ0v) is 38.7. The summed E-state index contributed by atoms with van der Waals surface area (Å²) < 4.78 is 0. The molecule has 0 unspecified atom stereocenters. The van der Waals surface area contributed by atoms with Crippen molar-refractivity contribution in [2.75, 3.05) is 26.2 Å². The molecule has 2 aliphatic rings. The van der Waals surface area contributed by atoms with Crippen LogP contribution >= 0.6 is 0 Å². The van der Waals surface area contributed by atoms with E-state index in [1.165, 1.54) is 25.7 Å². The van der Waals surface area contributed by atoms with E-state index in [0.29, 0.717) is 45.2 Å². The van der Waals surface area contributed by atoms with Crippen molar-refractivity contribution in [3.05, 3.63) is 0 Å². The second kappa shape index (κ2) is 28.2. The molecule has 2 rings (SSSR count). The first-order valence-corrected chi connectivity index (χ1v) is 23.0. The number of nitrogens with one attached hydrogen (secondary N) is 4. The Hall–Kier alpha value is -4.95. The molecule has 65 heavy (non-hydrogen) atoms. The van der Waals surface area contributed by atoms with Gasteiger partial charge in [-0.1, -0.05) is 34.1 Å². The maximum atomic E-state index is 13.4. The molecule has 0 aromatic heterocycles. The molecule has 0 aliphatic carbocycles. The number of ketones is 5. The smallest absolute Gasteiger partial charge is 0.306 e. The van der Waals surface area contributed by atoms with Gasteiger partial charge in [0.15, 0.2) is 28.9 Å². The molecule has 0 spiro atoms. The van der Waals surface area contributed by atoms with Crippen molar-refractivity contribution in [2.45, 2.75) is 161 Å². The summed E-state index contributed by atoms with van der Waals surface area (Å²) in [4.78, 5) is 143. The largest absolute Gasteiger partial charge is 0.481 e. The van der Waals surface area contributed by atoms with Crippen LogP contribution in [0.5, 0.6) is 0 Å². The molecular weight excluding hydrogens is 847 g/mol. The van der Waals surface area contributed by atoms with Crippen molar-refractivity contribution in [3.8, 4) is 0 Å². The number of amides is 5. The summed E-state index contributed by atoms with van der Waals surface area (Å²) in [6.45, 7) is 8.65. The molecule has 0 bridgehead atoms. The van der Waals surface area contributed by atoms with E-state index in [1.54, 1.807) is 0 Å². The van der Waals surface area contributed by atoms with E-state index in [4.69, 9.17) is 11.5 Å². The molecule has 10 N–H and O–H groups in total. The van der Waals surface area contributed by atoms with E-state index in [0.717, 1.165) is 0 Å². The minimum atomic E-state index is -1.18. The molecule has 0 aromatic carbocycles. The number of carbonyl (C=O) groups excluding carboxylic acids is 10.